The van der Waals surface area contributed by atoms with Gasteiger partial charge in [-0.15, -0.1) is 0 Å². The number of nitriles is 3. The molecule has 2 aromatic heterocycles. The molecule has 0 atom stereocenters. The molecule has 6 rings (SSSR count). The second kappa shape index (κ2) is 10.3. The van der Waals surface area contributed by atoms with Crippen molar-refractivity contribution in [3.8, 4) is 40.9 Å². The molecule has 0 amide bonds. The Morgan fingerprint density at radius 2 is 1.32 bits per heavy atom. The summed E-state index contributed by atoms with van der Waals surface area (Å²) in [5.74, 6) is 0.526. The molecule has 7 heteroatoms. The first-order valence-corrected chi connectivity index (χ1v) is 12.3. The number of hydrogen-bond acceptors (Lipinski definition) is 7. The molecule has 0 unspecified atom stereocenters. The van der Waals surface area contributed by atoms with Crippen molar-refractivity contribution in [1.29, 1.82) is 15.8 Å². The number of anilines is 3. The zero-order chi connectivity index (χ0) is 27.5. The van der Waals surface area contributed by atoms with Crippen LogP contribution in [-0.2, 0) is 0 Å². The first-order valence-electron chi connectivity index (χ1n) is 12.3. The summed E-state index contributed by atoms with van der Waals surface area (Å²) in [4.78, 5) is 11.2. The molecular formula is C33H18N6O. The van der Waals surface area contributed by atoms with Crippen molar-refractivity contribution in [2.75, 3.05) is 4.90 Å². The summed E-state index contributed by atoms with van der Waals surface area (Å²) in [7, 11) is 0. The smallest absolute Gasteiger partial charge is 0.227 e. The molecule has 0 N–H and O–H groups in total. The second-order valence-corrected chi connectivity index (χ2v) is 8.91. The highest BCUT2D eigenvalue weighted by Crippen LogP contribution is 2.37. The van der Waals surface area contributed by atoms with Crippen LogP contribution in [0.2, 0.25) is 0 Å². The summed E-state index contributed by atoms with van der Waals surface area (Å²) >= 11 is 0. The Kier molecular flexibility index (Phi) is 6.19. The zero-order valence-electron chi connectivity index (χ0n) is 21.0. The van der Waals surface area contributed by atoms with E-state index in [-0.39, 0.29) is 5.56 Å². The van der Waals surface area contributed by atoms with Gasteiger partial charge >= 0.3 is 0 Å². The van der Waals surface area contributed by atoms with Crippen molar-refractivity contribution in [1.82, 2.24) is 9.97 Å². The van der Waals surface area contributed by atoms with E-state index in [0.29, 0.717) is 22.7 Å². The first kappa shape index (κ1) is 24.1. The van der Waals surface area contributed by atoms with E-state index in [9.17, 15) is 10.5 Å². The predicted octanol–water partition coefficient (Wildman–Crippen LogP) is 7.64. The molecule has 0 fully saturated rings. The maximum absolute atomic E-state index is 9.65. The van der Waals surface area contributed by atoms with Gasteiger partial charge in [0.2, 0.25) is 5.89 Å². The molecule has 0 spiro atoms. The lowest BCUT2D eigenvalue weighted by atomic mass is 10.1. The van der Waals surface area contributed by atoms with Gasteiger partial charge in [0.15, 0.2) is 5.58 Å². The normalized spacial score (nSPS) is 10.4. The summed E-state index contributed by atoms with van der Waals surface area (Å²) < 4.78 is 5.93. The van der Waals surface area contributed by atoms with Crippen LogP contribution in [0.25, 0.3) is 33.8 Å². The van der Waals surface area contributed by atoms with Gasteiger partial charge in [-0.2, -0.15) is 15.8 Å². The third-order valence-electron chi connectivity index (χ3n) is 6.48. The monoisotopic (exact) mass is 514 g/mol. The Morgan fingerprint density at radius 1 is 0.625 bits per heavy atom. The quantitative estimate of drug-likeness (QED) is 0.232. The van der Waals surface area contributed by atoms with Crippen LogP contribution in [0.5, 0.6) is 0 Å². The molecule has 40 heavy (non-hydrogen) atoms. The molecule has 6 aromatic rings. The van der Waals surface area contributed by atoms with E-state index in [1.165, 1.54) is 0 Å². The Balaban J connectivity index is 1.40. The Morgan fingerprint density at radius 3 is 2.00 bits per heavy atom. The number of fused-ring (bicyclic) bond motifs is 1. The van der Waals surface area contributed by atoms with E-state index in [1.807, 2.05) is 83.8 Å². The van der Waals surface area contributed by atoms with Crippen molar-refractivity contribution in [2.45, 2.75) is 0 Å². The van der Waals surface area contributed by atoms with Gasteiger partial charge in [0, 0.05) is 22.5 Å². The number of para-hydroxylation sites is 2. The van der Waals surface area contributed by atoms with Gasteiger partial charge in [-0.05, 0) is 78.9 Å². The maximum atomic E-state index is 9.65. The van der Waals surface area contributed by atoms with Crippen LogP contribution in [0.1, 0.15) is 16.7 Å². The fourth-order valence-corrected chi connectivity index (χ4v) is 4.46. The first-order chi connectivity index (χ1) is 19.7. The number of oxazole rings is 1. The molecule has 4 aromatic carbocycles. The molecule has 0 aliphatic carbocycles. The fourth-order valence-electron chi connectivity index (χ4n) is 4.46. The topological polar surface area (TPSA) is 114 Å². The van der Waals surface area contributed by atoms with Gasteiger partial charge in [-0.1, -0.05) is 24.3 Å². The van der Waals surface area contributed by atoms with Crippen molar-refractivity contribution in [2.24, 2.45) is 0 Å². The minimum absolute atomic E-state index is 0.287. The van der Waals surface area contributed by atoms with E-state index < -0.39 is 0 Å². The third kappa shape index (κ3) is 4.50. The van der Waals surface area contributed by atoms with Crippen LogP contribution >= 0.6 is 0 Å². The van der Waals surface area contributed by atoms with E-state index in [1.54, 1.807) is 30.5 Å². The highest BCUT2D eigenvalue weighted by Gasteiger charge is 2.17. The SMILES string of the molecule is N#Cc1ccc(-c2ccc(N(c3ccc(-c4nc5ccccc5o4)cc3)c3ccc(C#N)c(C#N)c3)cn2)cc1. The zero-order valence-corrected chi connectivity index (χ0v) is 21.0. The van der Waals surface area contributed by atoms with Crippen LogP contribution in [0.3, 0.4) is 0 Å². The number of aromatic nitrogens is 2. The van der Waals surface area contributed by atoms with Gasteiger partial charge in [-0.25, -0.2) is 4.98 Å². The molecule has 7 nitrogen and oxygen atoms in total. The molecule has 0 aliphatic heterocycles. The minimum atomic E-state index is 0.287. The molecule has 0 radical (unpaired) electrons. The minimum Gasteiger partial charge on any atom is -0.436 e. The van der Waals surface area contributed by atoms with Crippen molar-refractivity contribution in [3.05, 3.63) is 126 Å². The Bertz CT molecular complexity index is 1940. The molecule has 0 saturated heterocycles. The van der Waals surface area contributed by atoms with Crippen LogP contribution in [0, 0.1) is 34.0 Å². The molecule has 2 heterocycles. The van der Waals surface area contributed by atoms with Crippen molar-refractivity contribution >= 4 is 28.2 Å². The van der Waals surface area contributed by atoms with E-state index in [2.05, 4.69) is 28.2 Å². The summed E-state index contributed by atoms with van der Waals surface area (Å²) in [6, 6.07) is 37.9. The van der Waals surface area contributed by atoms with E-state index in [4.69, 9.17) is 9.68 Å². The number of benzene rings is 4. The van der Waals surface area contributed by atoms with Gasteiger partial charge in [-0.3, -0.25) is 4.98 Å². The number of nitrogens with zero attached hydrogens (tertiary/aromatic N) is 6. The number of rotatable bonds is 5. The van der Waals surface area contributed by atoms with Crippen molar-refractivity contribution in [3.63, 3.8) is 0 Å². The Labute approximate surface area is 230 Å². The second-order valence-electron chi connectivity index (χ2n) is 8.91. The fraction of sp³-hybridized carbons (Fsp3) is 0. The van der Waals surface area contributed by atoms with E-state index in [0.717, 1.165) is 39.3 Å². The summed E-state index contributed by atoms with van der Waals surface area (Å²) in [6.07, 6.45) is 1.76. The molecule has 0 bridgehead atoms. The largest absolute Gasteiger partial charge is 0.436 e. The van der Waals surface area contributed by atoms with Gasteiger partial charge < -0.3 is 9.32 Å². The predicted molar refractivity (Wildman–Crippen MR) is 152 cm³/mol. The highest BCUT2D eigenvalue weighted by atomic mass is 16.3. The summed E-state index contributed by atoms with van der Waals surface area (Å²) in [6.45, 7) is 0. The van der Waals surface area contributed by atoms with E-state index >= 15 is 0 Å². The summed E-state index contributed by atoms with van der Waals surface area (Å²) in [5, 5.41) is 28.1. The van der Waals surface area contributed by atoms with Crippen LogP contribution in [-0.4, -0.2) is 9.97 Å². The Hall–Kier alpha value is -6.23. The van der Waals surface area contributed by atoms with Gasteiger partial charge in [0.25, 0.3) is 0 Å². The average molecular weight is 515 g/mol. The maximum Gasteiger partial charge on any atom is 0.227 e. The highest BCUT2D eigenvalue weighted by molar-refractivity contribution is 5.80. The summed E-state index contributed by atoms with van der Waals surface area (Å²) in [5.41, 5.74) is 7.47. The standard InChI is InChI=1S/C33H18N6O/c34-18-22-5-7-23(8-6-22)30-16-15-29(21-37-30)39(28-14-11-25(19-35)26(17-28)20-36)27-12-9-24(10-13-27)33-38-31-3-1-2-4-32(31)40-33/h1-17,21H. The molecule has 186 valence electrons. The van der Waals surface area contributed by atoms with Crippen LogP contribution < -0.4 is 4.90 Å². The lowest BCUT2D eigenvalue weighted by molar-refractivity contribution is 0.620. The van der Waals surface area contributed by atoms with Crippen molar-refractivity contribution < 1.29 is 4.42 Å². The molecule has 0 aliphatic rings. The van der Waals surface area contributed by atoms with Gasteiger partial charge in [0.05, 0.1) is 40.3 Å². The molecule has 0 saturated carbocycles. The number of pyridine rings is 1. The van der Waals surface area contributed by atoms with Crippen LogP contribution in [0.4, 0.5) is 17.1 Å². The van der Waals surface area contributed by atoms with Crippen LogP contribution in [0.15, 0.2) is 114 Å². The molecular weight excluding hydrogens is 496 g/mol. The number of hydrogen-bond donors (Lipinski definition) is 0. The third-order valence-corrected chi connectivity index (χ3v) is 6.48. The van der Waals surface area contributed by atoms with Gasteiger partial charge in [0.1, 0.15) is 17.7 Å². The average Bonchev–Trinajstić information content (AvgIpc) is 3.46. The lowest BCUT2D eigenvalue weighted by Crippen LogP contribution is -2.11. The lowest BCUT2D eigenvalue weighted by Gasteiger charge is -2.25.